The van der Waals surface area contributed by atoms with E-state index >= 15 is 0 Å². The lowest BCUT2D eigenvalue weighted by Crippen LogP contribution is -2.18. The molecule has 8 heteroatoms. The number of benzene rings is 1. The number of rotatable bonds is 5. The van der Waals surface area contributed by atoms with E-state index in [1.807, 2.05) is 0 Å². The summed E-state index contributed by atoms with van der Waals surface area (Å²) in [6, 6.07) is 5.50. The first-order valence-electron chi connectivity index (χ1n) is 6.47. The van der Waals surface area contributed by atoms with Gasteiger partial charge in [-0.3, -0.25) is 0 Å². The Hall–Kier alpha value is -2.19. The molecule has 0 saturated heterocycles. The molecule has 0 spiro atoms. The van der Waals surface area contributed by atoms with E-state index in [9.17, 15) is 13.2 Å². The summed E-state index contributed by atoms with van der Waals surface area (Å²) < 4.78 is 35.6. The van der Waals surface area contributed by atoms with Crippen LogP contribution in [0.5, 0.6) is 0 Å². The third-order valence-electron chi connectivity index (χ3n) is 3.20. The van der Waals surface area contributed by atoms with Crippen LogP contribution in [-0.4, -0.2) is 26.6 Å². The van der Waals surface area contributed by atoms with E-state index in [4.69, 9.17) is 9.26 Å². The maximum Gasteiger partial charge on any atom is 0.338 e. The zero-order valence-corrected chi connectivity index (χ0v) is 13.2. The molecule has 2 rings (SSSR count). The molecule has 0 unspecified atom stereocenters. The zero-order valence-electron chi connectivity index (χ0n) is 12.4. The average Bonchev–Trinajstić information content (AvgIpc) is 2.83. The van der Waals surface area contributed by atoms with Gasteiger partial charge in [-0.05, 0) is 45.2 Å². The highest BCUT2D eigenvalue weighted by Gasteiger charge is 2.15. The van der Waals surface area contributed by atoms with Crippen LogP contribution in [0.25, 0.3) is 0 Å². The number of esters is 1. The quantitative estimate of drug-likeness (QED) is 0.838. The number of aryl methyl sites for hydroxylation is 2. The van der Waals surface area contributed by atoms with Crippen molar-refractivity contribution in [3.8, 4) is 0 Å². The normalized spacial score (nSPS) is 11.4. The molecular formula is C14H16N2O5S. The van der Waals surface area contributed by atoms with Gasteiger partial charge in [0, 0.05) is 0 Å². The van der Waals surface area contributed by atoms with Crippen molar-refractivity contribution in [2.45, 2.75) is 25.3 Å². The third kappa shape index (κ3) is 3.34. The van der Waals surface area contributed by atoms with Crippen molar-refractivity contribution in [2.24, 2.45) is 0 Å². The van der Waals surface area contributed by atoms with Gasteiger partial charge in [0.1, 0.15) is 12.4 Å². The second-order valence-corrected chi connectivity index (χ2v) is 6.50. The molecule has 1 N–H and O–H groups in total. The monoisotopic (exact) mass is 324 g/mol. The first kappa shape index (κ1) is 16.2. The van der Waals surface area contributed by atoms with Crippen LogP contribution in [0.2, 0.25) is 0 Å². The third-order valence-corrected chi connectivity index (χ3v) is 4.63. The van der Waals surface area contributed by atoms with Crippen LogP contribution in [0.3, 0.4) is 0 Å². The minimum absolute atomic E-state index is 0.0521. The molecule has 0 amide bonds. The van der Waals surface area contributed by atoms with Gasteiger partial charge in [-0.25, -0.2) is 17.9 Å². The second kappa shape index (κ2) is 6.29. The van der Waals surface area contributed by atoms with Crippen LogP contribution in [0.15, 0.2) is 33.7 Å². The molecule has 1 aromatic carbocycles. The fourth-order valence-corrected chi connectivity index (χ4v) is 2.55. The molecule has 0 atom stereocenters. The molecule has 1 aromatic heterocycles. The molecule has 2 aromatic rings. The maximum absolute atomic E-state index is 12.0. The van der Waals surface area contributed by atoms with Crippen LogP contribution in [0, 0.1) is 13.8 Å². The van der Waals surface area contributed by atoms with Crippen LogP contribution in [0.4, 0.5) is 0 Å². The van der Waals surface area contributed by atoms with E-state index in [2.05, 4.69) is 9.88 Å². The lowest BCUT2D eigenvalue weighted by Gasteiger charge is -2.06. The predicted molar refractivity (Wildman–Crippen MR) is 77.8 cm³/mol. The lowest BCUT2D eigenvalue weighted by molar-refractivity contribution is 0.0470. The molecule has 7 nitrogen and oxygen atoms in total. The molecule has 22 heavy (non-hydrogen) atoms. The van der Waals surface area contributed by atoms with Crippen LogP contribution < -0.4 is 4.72 Å². The van der Waals surface area contributed by atoms with Gasteiger partial charge in [0.25, 0.3) is 0 Å². The molecule has 0 aliphatic carbocycles. The Morgan fingerprint density at radius 3 is 2.41 bits per heavy atom. The fourth-order valence-electron chi connectivity index (χ4n) is 1.82. The van der Waals surface area contributed by atoms with E-state index in [1.54, 1.807) is 13.8 Å². The average molecular weight is 324 g/mol. The lowest BCUT2D eigenvalue weighted by atomic mass is 10.2. The number of carbonyl (C=O) groups is 1. The van der Waals surface area contributed by atoms with Gasteiger partial charge in [0.15, 0.2) is 0 Å². The minimum atomic E-state index is -3.52. The minimum Gasteiger partial charge on any atom is -0.457 e. The summed E-state index contributed by atoms with van der Waals surface area (Å²) in [5, 5.41) is 3.77. The number of hydrogen-bond acceptors (Lipinski definition) is 6. The zero-order chi connectivity index (χ0) is 16.3. The second-order valence-electron chi connectivity index (χ2n) is 4.61. The summed E-state index contributed by atoms with van der Waals surface area (Å²) in [6.07, 6.45) is 0. The molecule has 0 radical (unpaired) electrons. The largest absolute Gasteiger partial charge is 0.457 e. The maximum atomic E-state index is 12.0. The number of sulfonamides is 1. The van der Waals surface area contributed by atoms with Gasteiger partial charge < -0.3 is 9.26 Å². The smallest absolute Gasteiger partial charge is 0.338 e. The number of hydrogen-bond donors (Lipinski definition) is 1. The molecular weight excluding hydrogens is 308 g/mol. The van der Waals surface area contributed by atoms with Crippen molar-refractivity contribution in [2.75, 3.05) is 7.05 Å². The highest BCUT2D eigenvalue weighted by molar-refractivity contribution is 7.89. The summed E-state index contributed by atoms with van der Waals surface area (Å²) in [5.41, 5.74) is 1.66. The number of carbonyl (C=O) groups excluding carboxylic acids is 1. The Labute approximate surface area is 128 Å². The number of nitrogens with zero attached hydrogens (tertiary/aromatic N) is 1. The summed E-state index contributed by atoms with van der Waals surface area (Å²) in [4.78, 5) is 12.0. The van der Waals surface area contributed by atoms with E-state index in [-0.39, 0.29) is 17.1 Å². The van der Waals surface area contributed by atoms with Gasteiger partial charge in [-0.15, -0.1) is 0 Å². The highest BCUT2D eigenvalue weighted by Crippen LogP contribution is 2.15. The summed E-state index contributed by atoms with van der Waals surface area (Å²) in [6.45, 7) is 3.55. The fraction of sp³-hybridized carbons (Fsp3) is 0.286. The van der Waals surface area contributed by atoms with Crippen molar-refractivity contribution >= 4 is 16.0 Å². The van der Waals surface area contributed by atoms with E-state index < -0.39 is 16.0 Å². The predicted octanol–water partition coefficient (Wildman–Crippen LogP) is 1.56. The first-order valence-corrected chi connectivity index (χ1v) is 7.96. The molecule has 0 saturated carbocycles. The van der Waals surface area contributed by atoms with Crippen molar-refractivity contribution in [3.63, 3.8) is 0 Å². The molecule has 0 aliphatic rings. The number of aromatic nitrogens is 1. The molecule has 0 aliphatic heterocycles. The van der Waals surface area contributed by atoms with Crippen LogP contribution >= 0.6 is 0 Å². The van der Waals surface area contributed by atoms with E-state index in [0.717, 1.165) is 5.56 Å². The molecule has 0 bridgehead atoms. The topological polar surface area (TPSA) is 98.5 Å². The van der Waals surface area contributed by atoms with E-state index in [1.165, 1.54) is 31.3 Å². The summed E-state index contributed by atoms with van der Waals surface area (Å²) >= 11 is 0. The highest BCUT2D eigenvalue weighted by atomic mass is 32.2. The summed E-state index contributed by atoms with van der Waals surface area (Å²) in [7, 11) is -2.20. The van der Waals surface area contributed by atoms with Gasteiger partial charge in [-0.2, -0.15) is 0 Å². The number of nitrogens with one attached hydrogen (secondary N) is 1. The van der Waals surface area contributed by atoms with E-state index in [0.29, 0.717) is 11.5 Å². The van der Waals surface area contributed by atoms with Crippen molar-refractivity contribution in [3.05, 3.63) is 46.8 Å². The van der Waals surface area contributed by atoms with Crippen molar-refractivity contribution in [1.82, 2.24) is 9.88 Å². The van der Waals surface area contributed by atoms with Crippen molar-refractivity contribution < 1.29 is 22.5 Å². The Morgan fingerprint density at radius 2 is 1.91 bits per heavy atom. The van der Waals surface area contributed by atoms with Gasteiger partial charge in [0.2, 0.25) is 10.0 Å². The SMILES string of the molecule is CNS(=O)(=O)c1ccc(C(=O)OCc2c(C)noc2C)cc1. The molecule has 0 fully saturated rings. The Bertz CT molecular complexity index is 759. The van der Waals surface area contributed by atoms with Gasteiger partial charge >= 0.3 is 5.97 Å². The van der Waals surface area contributed by atoms with Crippen molar-refractivity contribution in [1.29, 1.82) is 0 Å². The Morgan fingerprint density at radius 1 is 1.27 bits per heavy atom. The standard InChI is InChI=1S/C14H16N2O5S/c1-9-13(10(2)21-16-9)8-20-14(17)11-4-6-12(7-5-11)22(18,19)15-3/h4-7,15H,8H2,1-3H3. The molecule has 1 heterocycles. The Kier molecular flexibility index (Phi) is 4.62. The van der Waals surface area contributed by atoms with Crippen LogP contribution in [-0.2, 0) is 21.4 Å². The molecule has 118 valence electrons. The first-order chi connectivity index (χ1) is 10.3. The van der Waals surface area contributed by atoms with Crippen LogP contribution in [0.1, 0.15) is 27.4 Å². The summed E-state index contributed by atoms with van der Waals surface area (Å²) in [5.74, 6) is 0.0502. The van der Waals surface area contributed by atoms with Gasteiger partial charge in [-0.1, -0.05) is 5.16 Å². The number of ether oxygens (including phenoxy) is 1. The Balaban J connectivity index is 2.08. The van der Waals surface area contributed by atoms with Gasteiger partial charge in [0.05, 0.1) is 21.7 Å².